The zero-order valence-corrected chi connectivity index (χ0v) is 20.8. The molecule has 0 spiro atoms. The van der Waals surface area contributed by atoms with E-state index in [0.717, 1.165) is 0 Å². The van der Waals surface area contributed by atoms with Crippen LogP contribution in [0, 0.1) is 11.6 Å². The molecule has 3 heterocycles. The van der Waals surface area contributed by atoms with Crippen LogP contribution in [0.2, 0.25) is 0 Å². The van der Waals surface area contributed by atoms with Crippen molar-refractivity contribution in [1.82, 2.24) is 19.7 Å². The second-order valence-electron chi connectivity index (χ2n) is 9.26. The van der Waals surface area contributed by atoms with E-state index in [1.807, 2.05) is 30.0 Å². The molecule has 1 saturated heterocycles. The minimum Gasteiger partial charge on any atom is -0.503 e. The number of phenolic OH excluding ortho intramolecular Hbond substituents is 1. The van der Waals surface area contributed by atoms with Crippen molar-refractivity contribution < 1.29 is 31.9 Å². The lowest BCUT2D eigenvalue weighted by atomic mass is 10.0. The Balaban J connectivity index is 1.41. The Kier molecular flexibility index (Phi) is 6.52. The van der Waals surface area contributed by atoms with Crippen LogP contribution in [0.3, 0.4) is 0 Å². The summed E-state index contributed by atoms with van der Waals surface area (Å²) in [6.07, 6.45) is -3.81. The van der Waals surface area contributed by atoms with Gasteiger partial charge in [-0.25, -0.2) is 18.6 Å². The average molecular weight is 547 g/mol. The first-order chi connectivity index (χ1) is 18.5. The maximum absolute atomic E-state index is 14.7. The van der Waals surface area contributed by atoms with E-state index < -0.39 is 34.7 Å². The molecular formula is C26H23F5N6O2. The molecular weight excluding hydrogens is 523 g/mol. The first kappa shape index (κ1) is 26.2. The molecule has 2 amide bonds. The number of pyridine rings is 1. The van der Waals surface area contributed by atoms with Crippen LogP contribution in [0.15, 0.2) is 48.7 Å². The number of aromatic nitrogens is 3. The summed E-state index contributed by atoms with van der Waals surface area (Å²) in [6, 6.07) is 10.6. The van der Waals surface area contributed by atoms with E-state index in [1.54, 1.807) is 23.1 Å². The maximum atomic E-state index is 14.7. The van der Waals surface area contributed by atoms with Crippen LogP contribution in [-0.4, -0.2) is 56.5 Å². The molecule has 0 saturated carbocycles. The molecule has 4 aromatic rings. The van der Waals surface area contributed by atoms with Crippen molar-refractivity contribution in [3.05, 3.63) is 65.9 Å². The van der Waals surface area contributed by atoms with Crippen LogP contribution < -0.4 is 10.2 Å². The van der Waals surface area contributed by atoms with E-state index in [1.165, 1.54) is 17.9 Å². The number of alkyl halides is 3. The van der Waals surface area contributed by atoms with E-state index in [-0.39, 0.29) is 23.2 Å². The Labute approximate surface area is 219 Å². The number of aryl methyl sites for hydroxylation is 1. The minimum absolute atomic E-state index is 0.167. The number of fused-ring (bicyclic) bond motifs is 1. The number of amides is 2. The number of hydrogen-bond acceptors (Lipinski definition) is 5. The molecule has 2 aromatic carbocycles. The first-order valence-corrected chi connectivity index (χ1v) is 11.9. The Morgan fingerprint density at radius 1 is 1.10 bits per heavy atom. The van der Waals surface area contributed by atoms with E-state index in [9.17, 15) is 31.9 Å². The minimum atomic E-state index is -5.16. The van der Waals surface area contributed by atoms with Crippen molar-refractivity contribution in [1.29, 1.82) is 0 Å². The molecule has 0 aliphatic carbocycles. The largest absolute Gasteiger partial charge is 0.503 e. The molecule has 8 nitrogen and oxygen atoms in total. The number of para-hydroxylation sites is 1. The van der Waals surface area contributed by atoms with Crippen molar-refractivity contribution in [2.45, 2.75) is 19.1 Å². The quantitative estimate of drug-likeness (QED) is 0.337. The molecule has 1 aliphatic rings. The third kappa shape index (κ3) is 4.79. The third-order valence-electron chi connectivity index (χ3n) is 6.70. The molecule has 2 aromatic heterocycles. The van der Waals surface area contributed by atoms with Gasteiger partial charge in [-0.2, -0.15) is 18.3 Å². The Morgan fingerprint density at radius 2 is 1.82 bits per heavy atom. The Bertz CT molecular complexity index is 1560. The van der Waals surface area contributed by atoms with Gasteiger partial charge in [0.2, 0.25) is 0 Å². The topological polar surface area (TPSA) is 86.5 Å². The van der Waals surface area contributed by atoms with Gasteiger partial charge in [0, 0.05) is 61.6 Å². The Hall–Kier alpha value is -4.42. The normalized spacial score (nSPS) is 16.1. The van der Waals surface area contributed by atoms with Gasteiger partial charge in [-0.3, -0.25) is 4.68 Å². The highest BCUT2D eigenvalue weighted by molar-refractivity contribution is 5.94. The van der Waals surface area contributed by atoms with E-state index in [4.69, 9.17) is 0 Å². The van der Waals surface area contributed by atoms with E-state index in [2.05, 4.69) is 15.4 Å². The monoisotopic (exact) mass is 546 g/mol. The number of piperazine rings is 1. The fraction of sp³-hybridized carbons (Fsp3) is 0.269. The second kappa shape index (κ2) is 9.71. The van der Waals surface area contributed by atoms with Gasteiger partial charge in [-0.1, -0.05) is 18.2 Å². The van der Waals surface area contributed by atoms with Gasteiger partial charge < -0.3 is 20.2 Å². The van der Waals surface area contributed by atoms with Crippen LogP contribution in [-0.2, 0) is 13.2 Å². The summed E-state index contributed by atoms with van der Waals surface area (Å²) in [4.78, 5) is 20.8. The van der Waals surface area contributed by atoms with Crippen LogP contribution in [0.5, 0.6) is 5.75 Å². The summed E-state index contributed by atoms with van der Waals surface area (Å²) in [5.41, 5.74) is -1.61. The van der Waals surface area contributed by atoms with Crippen molar-refractivity contribution in [2.75, 3.05) is 29.9 Å². The van der Waals surface area contributed by atoms with Crippen molar-refractivity contribution in [3.8, 4) is 17.0 Å². The van der Waals surface area contributed by atoms with Gasteiger partial charge >= 0.3 is 12.2 Å². The van der Waals surface area contributed by atoms with Gasteiger partial charge in [0.1, 0.15) is 11.5 Å². The molecule has 1 aliphatic heterocycles. The third-order valence-corrected chi connectivity index (χ3v) is 6.70. The molecule has 0 bridgehead atoms. The lowest BCUT2D eigenvalue weighted by Gasteiger charge is -2.40. The molecule has 5 rings (SSSR count). The van der Waals surface area contributed by atoms with Crippen molar-refractivity contribution in [2.24, 2.45) is 7.05 Å². The summed E-state index contributed by atoms with van der Waals surface area (Å²) >= 11 is 0. The van der Waals surface area contributed by atoms with E-state index >= 15 is 0 Å². The van der Waals surface area contributed by atoms with Crippen LogP contribution in [0.4, 0.5) is 38.3 Å². The highest BCUT2D eigenvalue weighted by Crippen LogP contribution is 2.41. The number of benzene rings is 2. The van der Waals surface area contributed by atoms with Crippen LogP contribution >= 0.6 is 0 Å². The zero-order chi connectivity index (χ0) is 28.1. The first-order valence-electron chi connectivity index (χ1n) is 11.9. The maximum Gasteiger partial charge on any atom is 0.419 e. The number of nitrogens with one attached hydrogen (secondary N) is 1. The summed E-state index contributed by atoms with van der Waals surface area (Å²) in [5, 5.41) is 16.9. The van der Waals surface area contributed by atoms with Gasteiger partial charge in [-0.15, -0.1) is 0 Å². The fourth-order valence-electron chi connectivity index (χ4n) is 4.70. The molecule has 0 radical (unpaired) electrons. The number of rotatable bonds is 3. The Morgan fingerprint density at radius 3 is 2.49 bits per heavy atom. The van der Waals surface area contributed by atoms with Crippen molar-refractivity contribution in [3.63, 3.8) is 0 Å². The van der Waals surface area contributed by atoms with Crippen LogP contribution in [0.1, 0.15) is 12.5 Å². The van der Waals surface area contributed by atoms with Gasteiger partial charge in [-0.05, 0) is 25.1 Å². The number of aromatic hydroxyl groups is 1. The molecule has 1 fully saturated rings. The number of urea groups is 1. The smallest absolute Gasteiger partial charge is 0.419 e. The molecule has 39 heavy (non-hydrogen) atoms. The lowest BCUT2D eigenvalue weighted by Crippen LogP contribution is -2.55. The highest BCUT2D eigenvalue weighted by Gasteiger charge is 2.38. The summed E-state index contributed by atoms with van der Waals surface area (Å²) in [7, 11) is 1.52. The number of nitrogens with zero attached hydrogens (tertiary/aromatic N) is 5. The standard InChI is InChI=1S/C26H23F5N6O2/c1-14-13-36(8-9-37(14)25(39)33-15-6-4-3-5-7-15)20-11-19-17(12-32-20)23(34-35(19)2)16-10-18(26(29,30)31)22(28)24(38)21(16)27/h3-7,10-12,14,38H,8-9,13H2,1-2H3,(H,33,39)/t14-/m1/s1. The SMILES string of the molecule is C[C@@H]1CN(c2cc3c(cn2)c(-c2cc(C(F)(F)F)c(F)c(O)c2F)nn3C)CCN1C(=O)Nc1ccccc1. The van der Waals surface area contributed by atoms with Crippen LogP contribution in [0.25, 0.3) is 22.2 Å². The van der Waals surface area contributed by atoms with Gasteiger partial charge in [0.15, 0.2) is 17.4 Å². The number of hydrogen-bond donors (Lipinski definition) is 2. The highest BCUT2D eigenvalue weighted by atomic mass is 19.4. The predicted octanol–water partition coefficient (Wildman–Crippen LogP) is 5.38. The number of carbonyl (C=O) groups is 1. The molecule has 2 N–H and O–H groups in total. The van der Waals surface area contributed by atoms with Crippen molar-refractivity contribution >= 4 is 28.4 Å². The number of phenols is 1. The summed E-state index contributed by atoms with van der Waals surface area (Å²) in [5.74, 6) is -4.84. The number of anilines is 2. The average Bonchev–Trinajstić information content (AvgIpc) is 3.22. The number of halogens is 5. The van der Waals surface area contributed by atoms with Gasteiger partial charge in [0.25, 0.3) is 0 Å². The molecule has 204 valence electrons. The zero-order valence-electron chi connectivity index (χ0n) is 20.8. The van der Waals surface area contributed by atoms with Gasteiger partial charge in [0.05, 0.1) is 11.1 Å². The predicted molar refractivity (Wildman–Crippen MR) is 134 cm³/mol. The van der Waals surface area contributed by atoms with E-state index in [0.29, 0.717) is 42.7 Å². The molecule has 1 atom stereocenters. The summed E-state index contributed by atoms with van der Waals surface area (Å²) in [6.45, 7) is 3.24. The lowest BCUT2D eigenvalue weighted by molar-refractivity contribution is -0.140. The number of carbonyl (C=O) groups excluding carboxylic acids is 1. The summed E-state index contributed by atoms with van der Waals surface area (Å²) < 4.78 is 70.0. The molecule has 13 heteroatoms. The second-order valence-corrected chi connectivity index (χ2v) is 9.26. The fourth-order valence-corrected chi connectivity index (χ4v) is 4.70. The molecule has 0 unspecified atom stereocenters.